The summed E-state index contributed by atoms with van der Waals surface area (Å²) < 4.78 is 11.7. The van der Waals surface area contributed by atoms with Crippen molar-refractivity contribution in [3.63, 3.8) is 0 Å². The minimum Gasteiger partial charge on any atom is -0.444 e. The maximum Gasteiger partial charge on any atom is 0.409 e. The zero-order valence-electron chi connectivity index (χ0n) is 32.4. The van der Waals surface area contributed by atoms with E-state index in [9.17, 15) is 4.79 Å². The molecule has 1 aliphatic carbocycles. The Balaban J connectivity index is 1.31. The Bertz CT molecular complexity index is 1950. The van der Waals surface area contributed by atoms with E-state index in [1.165, 1.54) is 16.7 Å². The van der Waals surface area contributed by atoms with Gasteiger partial charge < -0.3 is 19.7 Å². The van der Waals surface area contributed by atoms with Crippen LogP contribution in [0.1, 0.15) is 80.4 Å². The SMILES string of the molecule is C[C@@H](CC1NCCN(C(=O)c2cccc3ccccc23)C1(CCOC1CC1)NC(=O)OC(C)(C)C)SC(c1ccccc1)(c1ccccc1)c1ccccc1. The second-order valence-electron chi connectivity index (χ2n) is 15.8. The molecule has 1 saturated carbocycles. The summed E-state index contributed by atoms with van der Waals surface area (Å²) in [6.45, 7) is 9.21. The van der Waals surface area contributed by atoms with Crippen LogP contribution in [0.25, 0.3) is 10.8 Å². The van der Waals surface area contributed by atoms with Crippen LogP contribution in [0.3, 0.4) is 0 Å². The van der Waals surface area contributed by atoms with E-state index < -0.39 is 22.1 Å². The van der Waals surface area contributed by atoms with Crippen molar-refractivity contribution in [2.24, 2.45) is 0 Å². The molecule has 1 heterocycles. The molecular weight excluding hydrogens is 703 g/mol. The Morgan fingerprint density at radius 3 is 1.96 bits per heavy atom. The Morgan fingerprint density at radius 2 is 1.38 bits per heavy atom. The maximum absolute atomic E-state index is 15.1. The third kappa shape index (κ3) is 8.62. The fourth-order valence-electron chi connectivity index (χ4n) is 8.05. The number of piperazine rings is 1. The molecule has 3 atom stereocenters. The third-order valence-electron chi connectivity index (χ3n) is 10.6. The highest BCUT2D eigenvalue weighted by Crippen LogP contribution is 2.51. The molecule has 2 unspecified atom stereocenters. The van der Waals surface area contributed by atoms with Gasteiger partial charge in [-0.3, -0.25) is 10.1 Å². The summed E-state index contributed by atoms with van der Waals surface area (Å²) >= 11 is 1.90. The first-order chi connectivity index (χ1) is 26.6. The van der Waals surface area contributed by atoms with Crippen LogP contribution in [0, 0.1) is 0 Å². The van der Waals surface area contributed by atoms with Gasteiger partial charge in [0.25, 0.3) is 5.91 Å². The highest BCUT2D eigenvalue weighted by Gasteiger charge is 2.52. The lowest BCUT2D eigenvalue weighted by Gasteiger charge is -2.53. The van der Waals surface area contributed by atoms with E-state index in [0.29, 0.717) is 38.1 Å². The van der Waals surface area contributed by atoms with Crippen molar-refractivity contribution in [3.05, 3.63) is 156 Å². The van der Waals surface area contributed by atoms with Gasteiger partial charge in [0.05, 0.1) is 23.5 Å². The molecule has 2 fully saturated rings. The Morgan fingerprint density at radius 1 is 0.818 bits per heavy atom. The second kappa shape index (κ2) is 16.6. The molecule has 7 rings (SSSR count). The van der Waals surface area contributed by atoms with Gasteiger partial charge in [-0.15, -0.1) is 11.8 Å². The van der Waals surface area contributed by atoms with Crippen molar-refractivity contribution >= 4 is 34.5 Å². The predicted octanol–water partition coefficient (Wildman–Crippen LogP) is 9.55. The molecule has 55 heavy (non-hydrogen) atoms. The van der Waals surface area contributed by atoms with Crippen LogP contribution in [0.15, 0.2) is 133 Å². The number of hydrogen-bond acceptors (Lipinski definition) is 6. The van der Waals surface area contributed by atoms with E-state index in [4.69, 9.17) is 9.47 Å². The lowest BCUT2D eigenvalue weighted by molar-refractivity contribution is -0.0319. The Kier molecular flexibility index (Phi) is 11.7. The summed E-state index contributed by atoms with van der Waals surface area (Å²) in [6, 6.07) is 45.6. The van der Waals surface area contributed by atoms with Crippen molar-refractivity contribution in [1.29, 1.82) is 0 Å². The van der Waals surface area contributed by atoms with Crippen LogP contribution in [0.4, 0.5) is 4.79 Å². The van der Waals surface area contributed by atoms with E-state index in [1.807, 2.05) is 79.9 Å². The van der Waals surface area contributed by atoms with Gasteiger partial charge in [0.15, 0.2) is 0 Å². The average Bonchev–Trinajstić information content (AvgIpc) is 4.02. The van der Waals surface area contributed by atoms with Crippen LogP contribution in [0.2, 0.25) is 0 Å². The molecule has 286 valence electrons. The van der Waals surface area contributed by atoms with Crippen LogP contribution >= 0.6 is 11.8 Å². The number of benzene rings is 5. The van der Waals surface area contributed by atoms with E-state index in [1.54, 1.807) is 0 Å². The van der Waals surface area contributed by atoms with E-state index in [0.717, 1.165) is 23.6 Å². The van der Waals surface area contributed by atoms with Crippen molar-refractivity contribution in [1.82, 2.24) is 15.5 Å². The summed E-state index contributed by atoms with van der Waals surface area (Å²) in [5, 5.41) is 9.06. The van der Waals surface area contributed by atoms with Crippen LogP contribution in [-0.4, -0.2) is 65.3 Å². The molecule has 2 aliphatic rings. The van der Waals surface area contributed by atoms with Gasteiger partial charge in [-0.25, -0.2) is 4.79 Å². The largest absolute Gasteiger partial charge is 0.444 e. The Hall–Kier alpha value is -4.63. The summed E-state index contributed by atoms with van der Waals surface area (Å²) in [4.78, 5) is 31.0. The quantitative estimate of drug-likeness (QED) is 0.117. The van der Waals surface area contributed by atoms with Crippen molar-refractivity contribution in [2.45, 2.75) is 86.8 Å². The summed E-state index contributed by atoms with van der Waals surface area (Å²) in [5.41, 5.74) is 2.27. The molecule has 2 amide bonds. The van der Waals surface area contributed by atoms with Gasteiger partial charge in [-0.1, -0.05) is 134 Å². The predicted molar refractivity (Wildman–Crippen MR) is 223 cm³/mol. The van der Waals surface area contributed by atoms with Gasteiger partial charge in [-0.05, 0) is 73.6 Å². The molecule has 7 nitrogen and oxygen atoms in total. The number of alkyl carbamates (subject to hydrolysis) is 1. The topological polar surface area (TPSA) is 79.9 Å². The first-order valence-corrected chi connectivity index (χ1v) is 20.5. The van der Waals surface area contributed by atoms with Gasteiger partial charge in [0.1, 0.15) is 11.3 Å². The van der Waals surface area contributed by atoms with Crippen molar-refractivity contribution in [3.8, 4) is 0 Å². The normalized spacial score (nSPS) is 19.5. The lowest BCUT2D eigenvalue weighted by Crippen LogP contribution is -2.76. The molecule has 2 N–H and O–H groups in total. The molecule has 0 aromatic heterocycles. The van der Waals surface area contributed by atoms with E-state index >= 15 is 4.79 Å². The fraction of sp³-hybridized carbons (Fsp3) is 0.362. The average molecular weight is 756 g/mol. The minimum absolute atomic E-state index is 0.0369. The van der Waals surface area contributed by atoms with Gasteiger partial charge in [0, 0.05) is 30.3 Å². The maximum atomic E-state index is 15.1. The number of rotatable bonds is 13. The van der Waals surface area contributed by atoms with Gasteiger partial charge in [0.2, 0.25) is 0 Å². The molecular formula is C47H53N3O4S. The highest BCUT2D eigenvalue weighted by atomic mass is 32.2. The lowest BCUT2D eigenvalue weighted by atomic mass is 9.84. The first kappa shape index (κ1) is 38.6. The van der Waals surface area contributed by atoms with Crippen molar-refractivity contribution < 1.29 is 19.1 Å². The summed E-state index contributed by atoms with van der Waals surface area (Å²) in [7, 11) is 0. The molecule has 8 heteroatoms. The summed E-state index contributed by atoms with van der Waals surface area (Å²) in [6.07, 6.45) is 2.75. The zero-order chi connectivity index (χ0) is 38.5. The van der Waals surface area contributed by atoms with Crippen LogP contribution in [-0.2, 0) is 14.2 Å². The first-order valence-electron chi connectivity index (χ1n) is 19.6. The number of nitrogens with zero attached hydrogens (tertiary/aromatic N) is 1. The zero-order valence-corrected chi connectivity index (χ0v) is 33.2. The van der Waals surface area contributed by atoms with Crippen LogP contribution in [0.5, 0.6) is 0 Å². The molecule has 0 bridgehead atoms. The molecule has 1 aliphatic heterocycles. The number of fused-ring (bicyclic) bond motifs is 1. The monoisotopic (exact) mass is 755 g/mol. The van der Waals surface area contributed by atoms with Crippen molar-refractivity contribution in [2.75, 3.05) is 19.7 Å². The minimum atomic E-state index is -1.16. The number of carbonyl (C=O) groups is 2. The number of carbonyl (C=O) groups excluding carboxylic acids is 2. The fourth-order valence-corrected chi connectivity index (χ4v) is 9.76. The number of amides is 2. The number of nitrogens with one attached hydrogen (secondary N) is 2. The van der Waals surface area contributed by atoms with E-state index in [2.05, 4.69) is 109 Å². The van der Waals surface area contributed by atoms with Crippen LogP contribution < -0.4 is 10.6 Å². The number of ether oxygens (including phenoxy) is 2. The molecule has 1 saturated heterocycles. The second-order valence-corrected chi connectivity index (χ2v) is 17.5. The summed E-state index contributed by atoms with van der Waals surface area (Å²) in [5.74, 6) is -0.127. The molecule has 5 aromatic carbocycles. The number of thioether (sulfide) groups is 1. The van der Waals surface area contributed by atoms with Gasteiger partial charge in [-0.2, -0.15) is 0 Å². The third-order valence-corrected chi connectivity index (χ3v) is 12.3. The number of hydrogen-bond donors (Lipinski definition) is 2. The van der Waals surface area contributed by atoms with E-state index in [-0.39, 0.29) is 23.3 Å². The molecule has 5 aromatic rings. The van der Waals surface area contributed by atoms with Gasteiger partial charge >= 0.3 is 6.09 Å². The smallest absolute Gasteiger partial charge is 0.409 e. The molecule has 0 radical (unpaired) electrons. The highest BCUT2D eigenvalue weighted by molar-refractivity contribution is 8.01. The standard InChI is InChI=1S/C47H53N3O4S/c1-34(55-47(36-19-8-5-9-20-36,37-21-10-6-11-22-37)38-23-12-7-13-24-38)33-42-46(29-32-53-39-27-28-39,49-44(52)54-45(2,3)4)50(31-30-48-42)43(51)41-26-16-18-35-17-14-15-25-40(35)41/h5-26,34,39,42,48H,27-33H2,1-4H3,(H,49,52)/t34-,42?,46?/m0/s1. The Labute approximate surface area is 330 Å². The molecule has 0 spiro atoms.